The molecular formula is C11H15N. The third kappa shape index (κ3) is 1.20. The van der Waals surface area contributed by atoms with Crippen LogP contribution in [0, 0.1) is 0 Å². The van der Waals surface area contributed by atoms with Crippen molar-refractivity contribution in [2.24, 2.45) is 0 Å². The lowest BCUT2D eigenvalue weighted by Crippen LogP contribution is -1.92. The van der Waals surface area contributed by atoms with Crippen molar-refractivity contribution in [1.29, 1.82) is 0 Å². The van der Waals surface area contributed by atoms with Crippen LogP contribution >= 0.6 is 0 Å². The molecule has 0 radical (unpaired) electrons. The highest BCUT2D eigenvalue weighted by Gasteiger charge is 2.09. The predicted octanol–water partition coefficient (Wildman–Crippen LogP) is 3.10. The summed E-state index contributed by atoms with van der Waals surface area (Å²) in [7, 11) is 0. The number of aromatic amines is 1. The monoisotopic (exact) mass is 161 g/mol. The van der Waals surface area contributed by atoms with Gasteiger partial charge in [-0.15, -0.1) is 0 Å². The average Bonchev–Trinajstić information content (AvgIpc) is 2.46. The fourth-order valence-corrected chi connectivity index (χ4v) is 1.64. The Balaban J connectivity index is 2.39. The van der Waals surface area contributed by atoms with Crippen LogP contribution in [-0.2, 0) is 6.42 Å². The van der Waals surface area contributed by atoms with Gasteiger partial charge >= 0.3 is 0 Å². The molecule has 1 nitrogen and oxygen atoms in total. The standard InChI is InChI=1S/C11H15N/c1-8(2)11-7-9-5-3-4-6-10(9)12-11/h3,5,7-8,12H,4,6H2,1-2H3. The van der Waals surface area contributed by atoms with Crippen molar-refractivity contribution >= 4 is 6.08 Å². The van der Waals surface area contributed by atoms with Gasteiger partial charge in [-0.05, 0) is 30.4 Å². The molecule has 2 rings (SSSR count). The summed E-state index contributed by atoms with van der Waals surface area (Å²) in [5, 5.41) is 0. The van der Waals surface area contributed by atoms with E-state index in [0.29, 0.717) is 5.92 Å². The molecule has 0 atom stereocenters. The first-order valence-corrected chi connectivity index (χ1v) is 4.65. The zero-order chi connectivity index (χ0) is 8.55. The molecule has 0 amide bonds. The van der Waals surface area contributed by atoms with Gasteiger partial charge in [-0.1, -0.05) is 26.0 Å². The van der Waals surface area contributed by atoms with Crippen molar-refractivity contribution in [3.8, 4) is 0 Å². The normalized spacial score (nSPS) is 15.2. The molecule has 1 aliphatic carbocycles. The van der Waals surface area contributed by atoms with Crippen molar-refractivity contribution in [3.05, 3.63) is 29.1 Å². The molecule has 0 saturated heterocycles. The quantitative estimate of drug-likeness (QED) is 0.651. The van der Waals surface area contributed by atoms with Crippen LogP contribution in [0.3, 0.4) is 0 Å². The van der Waals surface area contributed by atoms with E-state index in [2.05, 4.69) is 37.0 Å². The maximum absolute atomic E-state index is 3.48. The molecule has 0 unspecified atom stereocenters. The van der Waals surface area contributed by atoms with Crippen LogP contribution in [0.1, 0.15) is 43.1 Å². The van der Waals surface area contributed by atoms with Gasteiger partial charge < -0.3 is 4.98 Å². The first-order valence-electron chi connectivity index (χ1n) is 4.65. The van der Waals surface area contributed by atoms with E-state index in [1.54, 1.807) is 0 Å². The fraction of sp³-hybridized carbons (Fsp3) is 0.455. The summed E-state index contributed by atoms with van der Waals surface area (Å²) in [6.07, 6.45) is 6.84. The van der Waals surface area contributed by atoms with Gasteiger partial charge in [0.05, 0.1) is 0 Å². The van der Waals surface area contributed by atoms with Crippen LogP contribution in [0.4, 0.5) is 0 Å². The summed E-state index contributed by atoms with van der Waals surface area (Å²) in [5.74, 6) is 0.615. The second kappa shape index (κ2) is 2.81. The summed E-state index contributed by atoms with van der Waals surface area (Å²) < 4.78 is 0. The lowest BCUT2D eigenvalue weighted by atomic mass is 10.0. The molecule has 1 aromatic rings. The molecule has 0 saturated carbocycles. The molecule has 0 spiro atoms. The molecule has 0 aromatic carbocycles. The lowest BCUT2D eigenvalue weighted by molar-refractivity contribution is 0.818. The highest BCUT2D eigenvalue weighted by molar-refractivity contribution is 5.56. The maximum atomic E-state index is 3.48. The van der Waals surface area contributed by atoms with Gasteiger partial charge in [-0.2, -0.15) is 0 Å². The maximum Gasteiger partial charge on any atom is 0.0225 e. The molecule has 1 heterocycles. The Morgan fingerprint density at radius 1 is 1.42 bits per heavy atom. The first-order chi connectivity index (χ1) is 5.77. The molecular weight excluding hydrogens is 146 g/mol. The second-order valence-electron chi connectivity index (χ2n) is 3.75. The van der Waals surface area contributed by atoms with Crippen molar-refractivity contribution < 1.29 is 0 Å². The number of H-pyrrole nitrogens is 1. The molecule has 1 N–H and O–H groups in total. The summed E-state index contributed by atoms with van der Waals surface area (Å²) in [6.45, 7) is 4.45. The number of fused-ring (bicyclic) bond motifs is 1. The smallest absolute Gasteiger partial charge is 0.0225 e. The lowest BCUT2D eigenvalue weighted by Gasteiger charge is -2.02. The van der Waals surface area contributed by atoms with Crippen molar-refractivity contribution in [2.75, 3.05) is 0 Å². The number of rotatable bonds is 1. The van der Waals surface area contributed by atoms with Gasteiger partial charge in [-0.3, -0.25) is 0 Å². The molecule has 0 bridgehead atoms. The summed E-state index contributed by atoms with van der Waals surface area (Å²) in [6, 6.07) is 2.27. The number of nitrogens with one attached hydrogen (secondary N) is 1. The Morgan fingerprint density at radius 2 is 2.25 bits per heavy atom. The van der Waals surface area contributed by atoms with Gasteiger partial charge in [0.15, 0.2) is 0 Å². The molecule has 0 aliphatic heterocycles. The number of aryl methyl sites for hydroxylation is 1. The van der Waals surface area contributed by atoms with E-state index in [9.17, 15) is 0 Å². The topological polar surface area (TPSA) is 15.8 Å². The zero-order valence-electron chi connectivity index (χ0n) is 7.72. The van der Waals surface area contributed by atoms with E-state index in [0.717, 1.165) is 0 Å². The van der Waals surface area contributed by atoms with Crippen LogP contribution in [0.2, 0.25) is 0 Å². The first kappa shape index (κ1) is 7.66. The summed E-state index contributed by atoms with van der Waals surface area (Å²) >= 11 is 0. The van der Waals surface area contributed by atoms with E-state index in [1.807, 2.05) is 0 Å². The Bertz CT molecular complexity index is 305. The van der Waals surface area contributed by atoms with Gasteiger partial charge in [-0.25, -0.2) is 0 Å². The van der Waals surface area contributed by atoms with Crippen molar-refractivity contribution in [3.63, 3.8) is 0 Å². The highest BCUT2D eigenvalue weighted by atomic mass is 14.7. The average molecular weight is 161 g/mol. The van der Waals surface area contributed by atoms with Crippen LogP contribution in [0.5, 0.6) is 0 Å². The van der Waals surface area contributed by atoms with E-state index in [4.69, 9.17) is 0 Å². The molecule has 0 fully saturated rings. The SMILES string of the molecule is CC(C)c1cc2c([nH]1)CCC=C2. The van der Waals surface area contributed by atoms with E-state index in [-0.39, 0.29) is 0 Å². The third-order valence-electron chi connectivity index (χ3n) is 2.44. The van der Waals surface area contributed by atoms with E-state index < -0.39 is 0 Å². The van der Waals surface area contributed by atoms with E-state index in [1.165, 1.54) is 29.8 Å². The number of aromatic nitrogens is 1. The largest absolute Gasteiger partial charge is 0.362 e. The summed E-state index contributed by atoms with van der Waals surface area (Å²) in [4.78, 5) is 3.48. The predicted molar refractivity (Wildman–Crippen MR) is 52.2 cm³/mol. The van der Waals surface area contributed by atoms with Crippen LogP contribution in [0.15, 0.2) is 12.1 Å². The van der Waals surface area contributed by atoms with Gasteiger partial charge in [0.25, 0.3) is 0 Å². The van der Waals surface area contributed by atoms with Crippen molar-refractivity contribution in [1.82, 2.24) is 4.98 Å². The van der Waals surface area contributed by atoms with Crippen LogP contribution < -0.4 is 0 Å². The van der Waals surface area contributed by atoms with Gasteiger partial charge in [0, 0.05) is 11.4 Å². The molecule has 64 valence electrons. The van der Waals surface area contributed by atoms with Gasteiger partial charge in [0.1, 0.15) is 0 Å². The minimum atomic E-state index is 0.615. The number of allylic oxidation sites excluding steroid dienone is 1. The fourth-order valence-electron chi connectivity index (χ4n) is 1.64. The van der Waals surface area contributed by atoms with E-state index >= 15 is 0 Å². The van der Waals surface area contributed by atoms with Gasteiger partial charge in [0.2, 0.25) is 0 Å². The Kier molecular flexibility index (Phi) is 1.80. The molecule has 1 aliphatic rings. The Hall–Kier alpha value is -0.980. The minimum Gasteiger partial charge on any atom is -0.362 e. The number of hydrogen-bond donors (Lipinski definition) is 1. The summed E-state index contributed by atoms with van der Waals surface area (Å²) in [5.41, 5.74) is 4.18. The molecule has 12 heavy (non-hydrogen) atoms. The Labute approximate surface area is 73.5 Å². The Morgan fingerprint density at radius 3 is 2.92 bits per heavy atom. The highest BCUT2D eigenvalue weighted by Crippen LogP contribution is 2.23. The van der Waals surface area contributed by atoms with Crippen LogP contribution in [-0.4, -0.2) is 4.98 Å². The van der Waals surface area contributed by atoms with Crippen LogP contribution in [0.25, 0.3) is 6.08 Å². The number of hydrogen-bond acceptors (Lipinski definition) is 0. The minimum absolute atomic E-state index is 0.615. The second-order valence-corrected chi connectivity index (χ2v) is 3.75. The molecule has 1 heteroatoms. The van der Waals surface area contributed by atoms with Crippen molar-refractivity contribution in [2.45, 2.75) is 32.6 Å². The third-order valence-corrected chi connectivity index (χ3v) is 2.44. The zero-order valence-corrected chi connectivity index (χ0v) is 7.72. The molecule has 1 aromatic heterocycles.